The molecule has 6 heteroatoms. The van der Waals surface area contributed by atoms with Crippen LogP contribution < -0.4 is 10.6 Å². The molecular formula is C13H23N3O3. The SMILES string of the molecule is CCC(NC(=O)NC1CCN2CCCCC12)C(=O)O. The second-order valence-electron chi connectivity index (χ2n) is 5.41. The summed E-state index contributed by atoms with van der Waals surface area (Å²) in [4.78, 5) is 25.2. The maximum Gasteiger partial charge on any atom is 0.326 e. The Bertz CT molecular complexity index is 348. The summed E-state index contributed by atoms with van der Waals surface area (Å²) < 4.78 is 0. The molecule has 6 nitrogen and oxygen atoms in total. The van der Waals surface area contributed by atoms with Gasteiger partial charge in [-0.15, -0.1) is 0 Å². The minimum absolute atomic E-state index is 0.159. The Morgan fingerprint density at radius 2 is 2.11 bits per heavy atom. The second-order valence-corrected chi connectivity index (χ2v) is 5.41. The number of hydrogen-bond donors (Lipinski definition) is 3. The van der Waals surface area contributed by atoms with Gasteiger partial charge in [-0.1, -0.05) is 13.3 Å². The molecule has 0 radical (unpaired) electrons. The molecule has 0 aromatic heterocycles. The van der Waals surface area contributed by atoms with Gasteiger partial charge in [0.1, 0.15) is 6.04 Å². The molecule has 0 bridgehead atoms. The first-order chi connectivity index (χ1) is 9.11. The van der Waals surface area contributed by atoms with E-state index in [2.05, 4.69) is 15.5 Å². The number of amides is 2. The van der Waals surface area contributed by atoms with Gasteiger partial charge in [0.05, 0.1) is 0 Å². The third-order valence-corrected chi connectivity index (χ3v) is 4.18. The number of hydrogen-bond acceptors (Lipinski definition) is 3. The van der Waals surface area contributed by atoms with E-state index in [1.54, 1.807) is 6.92 Å². The van der Waals surface area contributed by atoms with Crippen molar-refractivity contribution in [3.8, 4) is 0 Å². The fraction of sp³-hybridized carbons (Fsp3) is 0.846. The lowest BCUT2D eigenvalue weighted by molar-refractivity contribution is -0.139. The average Bonchev–Trinajstić information content (AvgIpc) is 2.79. The quantitative estimate of drug-likeness (QED) is 0.704. The van der Waals surface area contributed by atoms with Crippen molar-refractivity contribution in [3.63, 3.8) is 0 Å². The first kappa shape index (κ1) is 14.1. The van der Waals surface area contributed by atoms with Crippen LogP contribution >= 0.6 is 0 Å². The number of carboxylic acids is 1. The molecule has 0 aliphatic carbocycles. The zero-order chi connectivity index (χ0) is 13.8. The highest BCUT2D eigenvalue weighted by Gasteiger charge is 2.36. The summed E-state index contributed by atoms with van der Waals surface area (Å²) in [6.07, 6.45) is 4.94. The second kappa shape index (κ2) is 6.23. The molecular weight excluding hydrogens is 246 g/mol. The zero-order valence-corrected chi connectivity index (χ0v) is 11.4. The molecule has 2 aliphatic rings. The van der Waals surface area contributed by atoms with Gasteiger partial charge in [0, 0.05) is 18.6 Å². The Morgan fingerprint density at radius 3 is 2.79 bits per heavy atom. The molecule has 19 heavy (non-hydrogen) atoms. The van der Waals surface area contributed by atoms with Gasteiger partial charge in [-0.2, -0.15) is 0 Å². The van der Waals surface area contributed by atoms with Crippen molar-refractivity contribution in [1.29, 1.82) is 0 Å². The van der Waals surface area contributed by atoms with Crippen LogP contribution in [0, 0.1) is 0 Å². The van der Waals surface area contributed by atoms with Crippen molar-refractivity contribution >= 4 is 12.0 Å². The fourth-order valence-electron chi connectivity index (χ4n) is 3.12. The summed E-state index contributed by atoms with van der Waals surface area (Å²) in [7, 11) is 0. The molecule has 2 aliphatic heterocycles. The zero-order valence-electron chi connectivity index (χ0n) is 11.4. The van der Waals surface area contributed by atoms with Crippen molar-refractivity contribution in [1.82, 2.24) is 15.5 Å². The molecule has 3 unspecified atom stereocenters. The van der Waals surface area contributed by atoms with Gasteiger partial charge in [0.2, 0.25) is 0 Å². The average molecular weight is 269 g/mol. The van der Waals surface area contributed by atoms with E-state index in [1.807, 2.05) is 0 Å². The number of urea groups is 1. The van der Waals surface area contributed by atoms with Gasteiger partial charge in [0.25, 0.3) is 0 Å². The number of carbonyl (C=O) groups excluding carboxylic acids is 1. The molecule has 3 N–H and O–H groups in total. The number of carboxylic acid groups (broad SMARTS) is 1. The number of nitrogens with one attached hydrogen (secondary N) is 2. The van der Waals surface area contributed by atoms with Crippen LogP contribution in [0.5, 0.6) is 0 Å². The third kappa shape index (κ3) is 3.37. The van der Waals surface area contributed by atoms with Gasteiger partial charge >= 0.3 is 12.0 Å². The molecule has 2 rings (SSSR count). The fourth-order valence-corrected chi connectivity index (χ4v) is 3.12. The molecule has 2 fully saturated rings. The van der Waals surface area contributed by atoms with Crippen LogP contribution in [0.4, 0.5) is 4.79 Å². The summed E-state index contributed by atoms with van der Waals surface area (Å²) in [5, 5.41) is 14.4. The summed E-state index contributed by atoms with van der Waals surface area (Å²) in [5.41, 5.74) is 0. The van der Waals surface area contributed by atoms with Crippen LogP contribution in [0.15, 0.2) is 0 Å². The molecule has 3 atom stereocenters. The Kier molecular flexibility index (Phi) is 4.63. The highest BCUT2D eigenvalue weighted by atomic mass is 16.4. The van der Waals surface area contributed by atoms with Crippen LogP contribution in [0.1, 0.15) is 39.0 Å². The monoisotopic (exact) mass is 269 g/mol. The summed E-state index contributed by atoms with van der Waals surface area (Å²) in [5.74, 6) is -0.983. The first-order valence-electron chi connectivity index (χ1n) is 7.15. The van der Waals surface area contributed by atoms with Crippen LogP contribution in [0.3, 0.4) is 0 Å². The number of carbonyl (C=O) groups is 2. The minimum Gasteiger partial charge on any atom is -0.480 e. The van der Waals surface area contributed by atoms with Crippen molar-refractivity contribution < 1.29 is 14.7 Å². The van der Waals surface area contributed by atoms with E-state index in [9.17, 15) is 9.59 Å². The molecule has 2 saturated heterocycles. The molecule has 108 valence electrons. The normalized spacial score (nSPS) is 28.5. The number of piperidine rings is 1. The van der Waals surface area contributed by atoms with E-state index in [-0.39, 0.29) is 12.1 Å². The van der Waals surface area contributed by atoms with Crippen molar-refractivity contribution in [2.75, 3.05) is 13.1 Å². The van der Waals surface area contributed by atoms with Crippen LogP contribution in [0.25, 0.3) is 0 Å². The number of nitrogens with zero attached hydrogens (tertiary/aromatic N) is 1. The van der Waals surface area contributed by atoms with Gasteiger partial charge in [-0.25, -0.2) is 9.59 Å². The summed E-state index contributed by atoms with van der Waals surface area (Å²) >= 11 is 0. The Morgan fingerprint density at radius 1 is 1.32 bits per heavy atom. The molecule has 0 spiro atoms. The molecule has 2 amide bonds. The van der Waals surface area contributed by atoms with Crippen LogP contribution in [-0.2, 0) is 4.79 Å². The van der Waals surface area contributed by atoms with Gasteiger partial charge in [-0.3, -0.25) is 4.90 Å². The lowest BCUT2D eigenvalue weighted by Gasteiger charge is -2.32. The predicted molar refractivity (Wildman–Crippen MR) is 71.0 cm³/mol. The van der Waals surface area contributed by atoms with Crippen LogP contribution in [-0.4, -0.2) is 53.2 Å². The number of fused-ring (bicyclic) bond motifs is 1. The Labute approximate surface area is 113 Å². The first-order valence-corrected chi connectivity index (χ1v) is 7.15. The molecule has 0 saturated carbocycles. The lowest BCUT2D eigenvalue weighted by atomic mass is 9.99. The van der Waals surface area contributed by atoms with Gasteiger partial charge < -0.3 is 15.7 Å². The molecule has 0 aromatic rings. The smallest absolute Gasteiger partial charge is 0.326 e. The molecule has 2 heterocycles. The van der Waals surface area contributed by atoms with Crippen molar-refractivity contribution in [2.45, 2.75) is 57.2 Å². The van der Waals surface area contributed by atoms with E-state index in [1.165, 1.54) is 12.8 Å². The van der Waals surface area contributed by atoms with Gasteiger partial charge in [0.15, 0.2) is 0 Å². The highest BCUT2D eigenvalue weighted by molar-refractivity contribution is 5.82. The minimum atomic E-state index is -0.983. The van der Waals surface area contributed by atoms with E-state index in [4.69, 9.17) is 5.11 Å². The summed E-state index contributed by atoms with van der Waals surface area (Å²) in [6, 6.07) is -0.563. The largest absolute Gasteiger partial charge is 0.480 e. The molecule has 0 aromatic carbocycles. The highest BCUT2D eigenvalue weighted by Crippen LogP contribution is 2.26. The van der Waals surface area contributed by atoms with E-state index < -0.39 is 12.0 Å². The van der Waals surface area contributed by atoms with Crippen LogP contribution in [0.2, 0.25) is 0 Å². The van der Waals surface area contributed by atoms with E-state index in [0.717, 1.165) is 25.9 Å². The third-order valence-electron chi connectivity index (χ3n) is 4.18. The van der Waals surface area contributed by atoms with Crippen molar-refractivity contribution in [3.05, 3.63) is 0 Å². The van der Waals surface area contributed by atoms with Crippen molar-refractivity contribution in [2.24, 2.45) is 0 Å². The summed E-state index contributed by atoms with van der Waals surface area (Å²) in [6.45, 7) is 3.90. The topological polar surface area (TPSA) is 81.7 Å². The maximum atomic E-state index is 11.8. The Balaban J connectivity index is 1.83. The van der Waals surface area contributed by atoms with E-state index >= 15 is 0 Å². The number of aliphatic carboxylic acids is 1. The lowest BCUT2D eigenvalue weighted by Crippen LogP contribution is -2.52. The van der Waals surface area contributed by atoms with Gasteiger partial charge in [-0.05, 0) is 32.2 Å². The maximum absolute atomic E-state index is 11.8. The predicted octanol–water partition coefficient (Wildman–Crippen LogP) is 0.776. The Hall–Kier alpha value is -1.30. The standard InChI is InChI=1S/C13H23N3O3/c1-2-9(12(17)18)14-13(19)15-10-6-8-16-7-4-3-5-11(10)16/h9-11H,2-8H2,1H3,(H,17,18)(H2,14,15,19). The van der Waals surface area contributed by atoms with E-state index in [0.29, 0.717) is 12.5 Å². The number of rotatable bonds is 4.